The summed E-state index contributed by atoms with van der Waals surface area (Å²) in [6, 6.07) is 0. The summed E-state index contributed by atoms with van der Waals surface area (Å²) in [6.45, 7) is 1.55. The number of fused-ring (bicyclic) bond motifs is 2. The Morgan fingerprint density at radius 3 is 2.50 bits per heavy atom. The third-order valence-electron chi connectivity index (χ3n) is 2.75. The first-order chi connectivity index (χ1) is 5.21. The van der Waals surface area contributed by atoms with Crippen molar-refractivity contribution in [3.8, 4) is 0 Å². The van der Waals surface area contributed by atoms with Crippen molar-refractivity contribution in [1.82, 2.24) is 5.32 Å². The molecule has 0 radical (unpaired) electrons. The molecule has 2 rings (SSSR count). The van der Waals surface area contributed by atoms with Crippen LogP contribution in [0.15, 0.2) is 0 Å². The number of nitrogens with one attached hydrogen (secondary N) is 1. The summed E-state index contributed by atoms with van der Waals surface area (Å²) in [7, 11) is -2.73. The van der Waals surface area contributed by atoms with Crippen molar-refractivity contribution in [3.05, 3.63) is 0 Å². The topological polar surface area (TPSA) is 46.2 Å². The Morgan fingerprint density at radius 1 is 1.08 bits per heavy atom. The molecular weight excluding hydrogens is 198 g/mol. The van der Waals surface area contributed by atoms with Crippen LogP contribution in [0.25, 0.3) is 0 Å². The van der Waals surface area contributed by atoms with E-state index in [0.717, 1.165) is 25.8 Å². The van der Waals surface area contributed by atoms with Gasteiger partial charge in [0.2, 0.25) is 0 Å². The second-order valence-corrected chi connectivity index (χ2v) is 5.91. The molecule has 2 unspecified atom stereocenters. The zero-order valence-electron chi connectivity index (χ0n) is 6.82. The van der Waals surface area contributed by atoms with Crippen LogP contribution in [0, 0.1) is 0 Å². The Kier molecular flexibility index (Phi) is 3.01. The first-order valence-electron chi connectivity index (χ1n) is 4.14. The predicted molar refractivity (Wildman–Crippen MR) is 50.5 cm³/mol. The predicted octanol–water partition coefficient (Wildman–Crippen LogP) is 0.347. The van der Waals surface area contributed by atoms with Crippen LogP contribution in [0.3, 0.4) is 0 Å². The minimum absolute atomic E-state index is 0. The molecule has 2 heterocycles. The monoisotopic (exact) mass is 211 g/mol. The fourth-order valence-corrected chi connectivity index (χ4v) is 4.30. The standard InChI is InChI=1S/C7H13NO2S.ClH/c9-11(10)6-1-2-7(11)5-8-4-3-6;/h6-8H,1-5H2;1H. The first kappa shape index (κ1) is 10.3. The highest BCUT2D eigenvalue weighted by molar-refractivity contribution is 7.93. The molecular formula is C7H14ClNO2S. The fraction of sp³-hybridized carbons (Fsp3) is 1.00. The average Bonchev–Trinajstić information content (AvgIpc) is 2.00. The molecule has 1 N–H and O–H groups in total. The maximum absolute atomic E-state index is 11.6. The summed E-state index contributed by atoms with van der Waals surface area (Å²) >= 11 is 0. The van der Waals surface area contributed by atoms with Crippen LogP contribution in [0.1, 0.15) is 19.3 Å². The lowest BCUT2D eigenvalue weighted by Gasteiger charge is -2.06. The van der Waals surface area contributed by atoms with Gasteiger partial charge >= 0.3 is 0 Å². The Labute approximate surface area is 79.2 Å². The van der Waals surface area contributed by atoms with Crippen molar-refractivity contribution in [2.75, 3.05) is 13.1 Å². The molecule has 0 saturated carbocycles. The van der Waals surface area contributed by atoms with Gasteiger partial charge < -0.3 is 5.32 Å². The van der Waals surface area contributed by atoms with Gasteiger partial charge in [0.15, 0.2) is 9.84 Å². The van der Waals surface area contributed by atoms with Gasteiger partial charge in [-0.3, -0.25) is 0 Å². The summed E-state index contributed by atoms with van der Waals surface area (Å²) in [5.41, 5.74) is 0. The van der Waals surface area contributed by atoms with Gasteiger partial charge in [-0.25, -0.2) is 8.42 Å². The van der Waals surface area contributed by atoms with E-state index in [1.165, 1.54) is 0 Å². The maximum atomic E-state index is 11.6. The Morgan fingerprint density at radius 2 is 1.75 bits per heavy atom. The molecule has 2 aliphatic rings. The summed E-state index contributed by atoms with van der Waals surface area (Å²) in [5.74, 6) is 0. The molecule has 2 fully saturated rings. The molecule has 0 aliphatic carbocycles. The summed E-state index contributed by atoms with van der Waals surface area (Å²) in [5, 5.41) is 3.06. The molecule has 5 heteroatoms. The van der Waals surface area contributed by atoms with Crippen LogP contribution in [0.5, 0.6) is 0 Å². The highest BCUT2D eigenvalue weighted by Crippen LogP contribution is 2.30. The molecule has 0 aromatic carbocycles. The zero-order chi connectivity index (χ0) is 7.90. The van der Waals surface area contributed by atoms with E-state index in [1.54, 1.807) is 0 Å². The first-order valence-corrected chi connectivity index (χ1v) is 5.75. The Hall–Kier alpha value is 0.200. The van der Waals surface area contributed by atoms with E-state index in [2.05, 4.69) is 5.32 Å². The SMILES string of the molecule is Cl.O=S1(=O)C2CCNCC1CC2. The van der Waals surface area contributed by atoms with Crippen molar-refractivity contribution >= 4 is 22.2 Å². The van der Waals surface area contributed by atoms with Crippen LogP contribution >= 0.6 is 12.4 Å². The quantitative estimate of drug-likeness (QED) is 0.629. The average molecular weight is 212 g/mol. The van der Waals surface area contributed by atoms with E-state index >= 15 is 0 Å². The van der Waals surface area contributed by atoms with Crippen molar-refractivity contribution < 1.29 is 8.42 Å². The normalized spacial score (nSPS) is 38.3. The zero-order valence-corrected chi connectivity index (χ0v) is 8.46. The Bertz CT molecular complexity index is 232. The van der Waals surface area contributed by atoms with Crippen LogP contribution in [0.2, 0.25) is 0 Å². The number of halogens is 1. The third-order valence-corrected chi connectivity index (χ3v) is 5.49. The molecule has 72 valence electrons. The van der Waals surface area contributed by atoms with Crippen LogP contribution in [0.4, 0.5) is 0 Å². The number of hydrogen-bond acceptors (Lipinski definition) is 3. The van der Waals surface area contributed by atoms with Crippen LogP contribution in [-0.2, 0) is 9.84 Å². The molecule has 12 heavy (non-hydrogen) atoms. The van der Waals surface area contributed by atoms with Gasteiger partial charge in [-0.05, 0) is 25.8 Å². The fourth-order valence-electron chi connectivity index (χ4n) is 2.03. The van der Waals surface area contributed by atoms with Gasteiger partial charge in [-0.1, -0.05) is 0 Å². The highest BCUT2D eigenvalue weighted by Gasteiger charge is 2.41. The molecule has 2 atom stereocenters. The van der Waals surface area contributed by atoms with E-state index in [-0.39, 0.29) is 22.9 Å². The summed E-state index contributed by atoms with van der Waals surface area (Å²) in [4.78, 5) is 0. The van der Waals surface area contributed by atoms with Gasteiger partial charge in [0.25, 0.3) is 0 Å². The smallest absolute Gasteiger partial charge is 0.157 e. The van der Waals surface area contributed by atoms with Crippen molar-refractivity contribution in [2.24, 2.45) is 0 Å². The maximum Gasteiger partial charge on any atom is 0.157 e. The van der Waals surface area contributed by atoms with E-state index in [0.29, 0.717) is 6.54 Å². The minimum atomic E-state index is -2.73. The largest absolute Gasteiger partial charge is 0.315 e. The number of hydrogen-bond donors (Lipinski definition) is 1. The number of rotatable bonds is 0. The van der Waals surface area contributed by atoms with Crippen LogP contribution < -0.4 is 5.32 Å². The summed E-state index contributed by atoms with van der Waals surface area (Å²) < 4.78 is 23.1. The van der Waals surface area contributed by atoms with Crippen molar-refractivity contribution in [3.63, 3.8) is 0 Å². The van der Waals surface area contributed by atoms with Crippen LogP contribution in [-0.4, -0.2) is 32.0 Å². The molecule has 2 bridgehead atoms. The van der Waals surface area contributed by atoms with Crippen molar-refractivity contribution in [2.45, 2.75) is 29.8 Å². The molecule has 3 nitrogen and oxygen atoms in total. The highest BCUT2D eigenvalue weighted by atomic mass is 35.5. The molecule has 0 aromatic rings. The molecule has 0 aromatic heterocycles. The molecule has 2 saturated heterocycles. The van der Waals surface area contributed by atoms with Gasteiger partial charge in [0.1, 0.15) is 0 Å². The number of sulfone groups is 1. The van der Waals surface area contributed by atoms with E-state index < -0.39 is 9.84 Å². The van der Waals surface area contributed by atoms with E-state index in [4.69, 9.17) is 0 Å². The summed E-state index contributed by atoms with van der Waals surface area (Å²) in [6.07, 6.45) is 2.59. The van der Waals surface area contributed by atoms with Gasteiger partial charge in [0, 0.05) is 6.54 Å². The molecule has 0 spiro atoms. The van der Waals surface area contributed by atoms with Gasteiger partial charge in [0.05, 0.1) is 10.5 Å². The van der Waals surface area contributed by atoms with Gasteiger partial charge in [-0.15, -0.1) is 12.4 Å². The molecule has 2 aliphatic heterocycles. The minimum Gasteiger partial charge on any atom is -0.315 e. The molecule has 0 amide bonds. The Balaban J connectivity index is 0.000000720. The lowest BCUT2D eigenvalue weighted by atomic mass is 10.1. The van der Waals surface area contributed by atoms with E-state index in [1.807, 2.05) is 0 Å². The second kappa shape index (κ2) is 3.52. The lowest BCUT2D eigenvalue weighted by molar-refractivity contribution is 0.567. The second-order valence-electron chi connectivity index (χ2n) is 3.40. The van der Waals surface area contributed by atoms with E-state index in [9.17, 15) is 8.42 Å². The lowest BCUT2D eigenvalue weighted by Crippen LogP contribution is -2.27. The third kappa shape index (κ3) is 1.47. The van der Waals surface area contributed by atoms with Gasteiger partial charge in [-0.2, -0.15) is 0 Å². The van der Waals surface area contributed by atoms with Crippen molar-refractivity contribution in [1.29, 1.82) is 0 Å².